The highest BCUT2D eigenvalue weighted by Crippen LogP contribution is 2.24. The van der Waals surface area contributed by atoms with Crippen LogP contribution in [-0.4, -0.2) is 20.7 Å². The molecule has 0 fully saturated rings. The number of carbonyl (C=O) groups excluding carboxylic acids is 1. The van der Waals surface area contributed by atoms with Crippen LogP contribution in [0.3, 0.4) is 0 Å². The third kappa shape index (κ3) is 5.42. The Morgan fingerprint density at radius 3 is 2.68 bits per heavy atom. The highest BCUT2D eigenvalue weighted by molar-refractivity contribution is 5.91. The lowest BCUT2D eigenvalue weighted by Gasteiger charge is -2.07. The number of nitrogens with one attached hydrogen (secondary N) is 1. The first-order valence-corrected chi connectivity index (χ1v) is 9.60. The first-order valence-electron chi connectivity index (χ1n) is 9.60. The lowest BCUT2D eigenvalue weighted by atomic mass is 10.2. The molecule has 0 aliphatic heterocycles. The van der Waals surface area contributed by atoms with Gasteiger partial charge in [-0.3, -0.25) is 9.78 Å². The molecule has 0 aliphatic rings. The summed E-state index contributed by atoms with van der Waals surface area (Å²) in [4.78, 5) is 16.0. The average molecular weight is 414 g/mol. The van der Waals surface area contributed by atoms with Gasteiger partial charge < -0.3 is 10.1 Å². The van der Waals surface area contributed by atoms with Gasteiger partial charge in [0.05, 0.1) is 11.9 Å². The molecule has 2 aromatic heterocycles. The number of rotatable bonds is 7. The minimum Gasteiger partial charge on any atom is -0.453 e. The Morgan fingerprint density at radius 1 is 1.10 bits per heavy atom. The monoisotopic (exact) mass is 414 g/mol. The smallest absolute Gasteiger partial charge is 0.244 e. The maximum Gasteiger partial charge on any atom is 0.244 e. The van der Waals surface area contributed by atoms with Crippen molar-refractivity contribution in [1.82, 2.24) is 20.1 Å². The standard InChI is InChI=1S/C24H19FN4O2/c25-22-15-18(6-10-23(22)31-21-3-1-12-26-17-21)7-11-24(30)27-16-19-4-8-20(9-5-19)29-14-2-13-28-29/h1-15,17H,16H2,(H,27,30)/b11-7+. The quantitative estimate of drug-likeness (QED) is 0.451. The molecule has 0 unspecified atom stereocenters. The predicted octanol–water partition coefficient (Wildman–Crippen LogP) is 4.53. The van der Waals surface area contributed by atoms with E-state index < -0.39 is 5.82 Å². The van der Waals surface area contributed by atoms with E-state index in [1.54, 1.807) is 41.4 Å². The summed E-state index contributed by atoms with van der Waals surface area (Å²) in [5, 5.41) is 6.98. The zero-order chi connectivity index (χ0) is 21.5. The molecule has 2 heterocycles. The predicted molar refractivity (Wildman–Crippen MR) is 115 cm³/mol. The lowest BCUT2D eigenvalue weighted by Crippen LogP contribution is -2.20. The van der Waals surface area contributed by atoms with E-state index in [1.807, 2.05) is 36.5 Å². The Balaban J connectivity index is 1.31. The van der Waals surface area contributed by atoms with E-state index in [9.17, 15) is 9.18 Å². The van der Waals surface area contributed by atoms with Gasteiger partial charge in [0.1, 0.15) is 5.75 Å². The molecular weight excluding hydrogens is 395 g/mol. The molecule has 31 heavy (non-hydrogen) atoms. The largest absolute Gasteiger partial charge is 0.453 e. The number of hydrogen-bond acceptors (Lipinski definition) is 4. The molecule has 0 bridgehead atoms. The van der Waals surface area contributed by atoms with E-state index >= 15 is 0 Å². The van der Waals surface area contributed by atoms with Crippen LogP contribution in [0.25, 0.3) is 11.8 Å². The number of hydrogen-bond donors (Lipinski definition) is 1. The highest BCUT2D eigenvalue weighted by atomic mass is 19.1. The van der Waals surface area contributed by atoms with Gasteiger partial charge in [0.25, 0.3) is 0 Å². The fourth-order valence-corrected chi connectivity index (χ4v) is 2.85. The van der Waals surface area contributed by atoms with E-state index in [-0.39, 0.29) is 11.7 Å². The topological polar surface area (TPSA) is 69.0 Å². The Bertz CT molecular complexity index is 1170. The second kappa shape index (κ2) is 9.49. The molecule has 2 aromatic carbocycles. The summed E-state index contributed by atoms with van der Waals surface area (Å²) in [7, 11) is 0. The van der Waals surface area contributed by atoms with Crippen LogP contribution in [0, 0.1) is 5.82 Å². The van der Waals surface area contributed by atoms with Crippen LogP contribution < -0.4 is 10.1 Å². The molecule has 4 aromatic rings. The van der Waals surface area contributed by atoms with E-state index in [1.165, 1.54) is 24.4 Å². The zero-order valence-corrected chi connectivity index (χ0v) is 16.5. The maximum absolute atomic E-state index is 14.3. The molecule has 0 atom stereocenters. The molecule has 4 rings (SSSR count). The lowest BCUT2D eigenvalue weighted by molar-refractivity contribution is -0.116. The van der Waals surface area contributed by atoms with Crippen LogP contribution in [0.2, 0.25) is 0 Å². The van der Waals surface area contributed by atoms with Gasteiger partial charge in [-0.15, -0.1) is 0 Å². The van der Waals surface area contributed by atoms with Gasteiger partial charge in [-0.05, 0) is 59.7 Å². The minimum atomic E-state index is -0.524. The summed E-state index contributed by atoms with van der Waals surface area (Å²) < 4.78 is 21.5. The Kier molecular flexibility index (Phi) is 6.13. The van der Waals surface area contributed by atoms with Gasteiger partial charge in [-0.1, -0.05) is 18.2 Å². The van der Waals surface area contributed by atoms with Crippen LogP contribution in [0.1, 0.15) is 11.1 Å². The van der Waals surface area contributed by atoms with Gasteiger partial charge in [0.15, 0.2) is 11.6 Å². The van der Waals surface area contributed by atoms with Crippen molar-refractivity contribution in [1.29, 1.82) is 0 Å². The van der Waals surface area contributed by atoms with Gasteiger partial charge in [-0.2, -0.15) is 5.10 Å². The third-order valence-corrected chi connectivity index (χ3v) is 4.42. The highest BCUT2D eigenvalue weighted by Gasteiger charge is 2.06. The van der Waals surface area contributed by atoms with E-state index in [0.29, 0.717) is 17.9 Å². The van der Waals surface area contributed by atoms with Crippen molar-refractivity contribution >= 4 is 12.0 Å². The van der Waals surface area contributed by atoms with Crippen LogP contribution >= 0.6 is 0 Å². The molecule has 0 aliphatic carbocycles. The first-order chi connectivity index (χ1) is 15.2. The summed E-state index contributed by atoms with van der Waals surface area (Å²) in [6, 6.07) is 17.5. The SMILES string of the molecule is O=C(/C=C/c1ccc(Oc2cccnc2)c(F)c1)NCc1ccc(-n2cccn2)cc1. The maximum atomic E-state index is 14.3. The number of carbonyl (C=O) groups is 1. The number of pyridine rings is 1. The van der Waals surface area contributed by atoms with Crippen molar-refractivity contribution in [3.63, 3.8) is 0 Å². The van der Waals surface area contributed by atoms with Crippen molar-refractivity contribution in [3.05, 3.63) is 108 Å². The van der Waals surface area contributed by atoms with Crippen LogP contribution in [0.5, 0.6) is 11.5 Å². The Morgan fingerprint density at radius 2 is 1.97 bits per heavy atom. The molecule has 1 amide bonds. The van der Waals surface area contributed by atoms with Crippen molar-refractivity contribution in [2.75, 3.05) is 0 Å². The van der Waals surface area contributed by atoms with E-state index in [2.05, 4.69) is 15.4 Å². The molecule has 1 N–H and O–H groups in total. The number of nitrogens with zero attached hydrogens (tertiary/aromatic N) is 3. The minimum absolute atomic E-state index is 0.0909. The third-order valence-electron chi connectivity index (χ3n) is 4.42. The van der Waals surface area contributed by atoms with E-state index in [0.717, 1.165) is 11.3 Å². The molecule has 0 radical (unpaired) electrons. The molecule has 0 spiro atoms. The van der Waals surface area contributed by atoms with Crippen LogP contribution in [-0.2, 0) is 11.3 Å². The van der Waals surface area contributed by atoms with Crippen molar-refractivity contribution in [2.24, 2.45) is 0 Å². The summed E-state index contributed by atoms with van der Waals surface area (Å²) >= 11 is 0. The summed E-state index contributed by atoms with van der Waals surface area (Å²) in [6.07, 6.45) is 9.61. The summed E-state index contributed by atoms with van der Waals surface area (Å²) in [5.41, 5.74) is 2.45. The molecule has 6 nitrogen and oxygen atoms in total. The molecule has 7 heteroatoms. The van der Waals surface area contributed by atoms with Gasteiger partial charge >= 0.3 is 0 Å². The Labute approximate surface area is 178 Å². The van der Waals surface area contributed by atoms with E-state index in [4.69, 9.17) is 4.74 Å². The zero-order valence-electron chi connectivity index (χ0n) is 16.5. The van der Waals surface area contributed by atoms with Gasteiger partial charge in [-0.25, -0.2) is 9.07 Å². The summed E-state index contributed by atoms with van der Waals surface area (Å²) in [6.45, 7) is 0.384. The first kappa shape index (κ1) is 20.0. The Hall–Kier alpha value is -4.26. The fourth-order valence-electron chi connectivity index (χ4n) is 2.85. The van der Waals surface area contributed by atoms with Crippen LogP contribution in [0.4, 0.5) is 4.39 Å². The van der Waals surface area contributed by atoms with Gasteiger partial charge in [0, 0.05) is 31.2 Å². The number of amides is 1. The van der Waals surface area contributed by atoms with Gasteiger partial charge in [0.2, 0.25) is 5.91 Å². The van der Waals surface area contributed by atoms with Crippen LogP contribution in [0.15, 0.2) is 91.5 Å². The molecular formula is C24H19FN4O2. The molecule has 154 valence electrons. The second-order valence-corrected chi connectivity index (χ2v) is 6.65. The van der Waals surface area contributed by atoms with Crippen molar-refractivity contribution < 1.29 is 13.9 Å². The van der Waals surface area contributed by atoms with Crippen molar-refractivity contribution in [2.45, 2.75) is 6.54 Å². The number of aromatic nitrogens is 3. The number of halogens is 1. The number of benzene rings is 2. The second-order valence-electron chi connectivity index (χ2n) is 6.65. The molecule has 0 saturated heterocycles. The fraction of sp³-hybridized carbons (Fsp3) is 0.0417. The summed E-state index contributed by atoms with van der Waals surface area (Å²) in [5.74, 6) is -0.259. The number of ether oxygens (including phenoxy) is 1. The normalized spacial score (nSPS) is 10.9. The average Bonchev–Trinajstić information content (AvgIpc) is 3.34. The molecule has 0 saturated carbocycles. The van der Waals surface area contributed by atoms with Crippen molar-refractivity contribution in [3.8, 4) is 17.2 Å².